The summed E-state index contributed by atoms with van der Waals surface area (Å²) in [6, 6.07) is 7.22. The van der Waals surface area contributed by atoms with E-state index in [1.165, 1.54) is 24.3 Å². The van der Waals surface area contributed by atoms with E-state index in [-0.39, 0.29) is 17.7 Å². The second kappa shape index (κ2) is 7.85. The lowest BCUT2D eigenvalue weighted by atomic mass is 10.0. The Labute approximate surface area is 150 Å². The predicted octanol–water partition coefficient (Wildman–Crippen LogP) is 3.04. The first-order valence-electron chi connectivity index (χ1n) is 7.52. The normalized spacial score (nSPS) is 12.3. The molecule has 0 saturated carbocycles. The van der Waals surface area contributed by atoms with Crippen molar-refractivity contribution in [2.24, 2.45) is 0 Å². The second-order valence-electron chi connectivity index (χ2n) is 5.57. The predicted molar refractivity (Wildman–Crippen MR) is 87.1 cm³/mol. The molecule has 0 aliphatic heterocycles. The SMILES string of the molecule is O=C(N[C@H](Cc1ccc([N+](=O)[O-])cc1)C(=O)O)c1cccc(C(F)(F)F)c1. The molecule has 2 aromatic rings. The number of nitrogens with zero attached hydrogens (tertiary/aromatic N) is 1. The zero-order valence-corrected chi connectivity index (χ0v) is 13.6. The van der Waals surface area contributed by atoms with Crippen molar-refractivity contribution in [2.45, 2.75) is 18.6 Å². The molecule has 2 aromatic carbocycles. The van der Waals surface area contributed by atoms with Gasteiger partial charge >= 0.3 is 12.1 Å². The molecule has 0 aliphatic carbocycles. The Morgan fingerprint density at radius 1 is 1.15 bits per heavy atom. The van der Waals surface area contributed by atoms with Crippen LogP contribution in [0.1, 0.15) is 21.5 Å². The van der Waals surface area contributed by atoms with Gasteiger partial charge in [-0.25, -0.2) is 4.79 Å². The molecule has 0 aromatic heterocycles. The number of halogens is 3. The Bertz CT molecular complexity index is 866. The highest BCUT2D eigenvalue weighted by Crippen LogP contribution is 2.29. The number of nitro benzene ring substituents is 1. The summed E-state index contributed by atoms with van der Waals surface area (Å²) in [4.78, 5) is 33.5. The molecule has 0 spiro atoms. The summed E-state index contributed by atoms with van der Waals surface area (Å²) in [5.41, 5.74) is -1.15. The van der Waals surface area contributed by atoms with Crippen molar-refractivity contribution in [3.8, 4) is 0 Å². The van der Waals surface area contributed by atoms with Crippen LogP contribution in [-0.4, -0.2) is 27.9 Å². The molecular formula is C17H13F3N2O5. The molecular weight excluding hydrogens is 369 g/mol. The van der Waals surface area contributed by atoms with E-state index in [4.69, 9.17) is 0 Å². The van der Waals surface area contributed by atoms with Gasteiger partial charge in [-0.3, -0.25) is 14.9 Å². The molecule has 0 saturated heterocycles. The molecule has 27 heavy (non-hydrogen) atoms. The molecule has 0 heterocycles. The lowest BCUT2D eigenvalue weighted by molar-refractivity contribution is -0.384. The Balaban J connectivity index is 2.15. The van der Waals surface area contributed by atoms with Gasteiger partial charge in [0.15, 0.2) is 0 Å². The number of alkyl halides is 3. The third-order valence-corrected chi connectivity index (χ3v) is 3.64. The van der Waals surface area contributed by atoms with Gasteiger partial charge in [-0.2, -0.15) is 13.2 Å². The first-order chi connectivity index (χ1) is 12.6. The summed E-state index contributed by atoms with van der Waals surface area (Å²) in [5, 5.41) is 22.0. The number of carbonyl (C=O) groups excluding carboxylic acids is 1. The highest BCUT2D eigenvalue weighted by atomic mass is 19.4. The number of carbonyl (C=O) groups is 2. The number of aliphatic carboxylic acids is 1. The van der Waals surface area contributed by atoms with Gasteiger partial charge in [0, 0.05) is 24.1 Å². The third kappa shape index (κ3) is 5.27. The Morgan fingerprint density at radius 2 is 1.78 bits per heavy atom. The number of hydrogen-bond donors (Lipinski definition) is 2. The zero-order chi connectivity index (χ0) is 20.2. The lowest BCUT2D eigenvalue weighted by Crippen LogP contribution is -2.42. The highest BCUT2D eigenvalue weighted by molar-refractivity contribution is 5.96. The molecule has 0 radical (unpaired) electrons. The van der Waals surface area contributed by atoms with E-state index < -0.39 is 34.6 Å². The first-order valence-corrected chi connectivity index (χ1v) is 7.52. The van der Waals surface area contributed by atoms with E-state index in [9.17, 15) is 38.0 Å². The van der Waals surface area contributed by atoms with E-state index in [2.05, 4.69) is 5.32 Å². The maximum atomic E-state index is 12.7. The number of rotatable bonds is 6. The minimum Gasteiger partial charge on any atom is -0.480 e. The van der Waals surface area contributed by atoms with Crippen LogP contribution in [0.3, 0.4) is 0 Å². The Hall–Kier alpha value is -3.43. The van der Waals surface area contributed by atoms with Gasteiger partial charge in [-0.1, -0.05) is 18.2 Å². The highest BCUT2D eigenvalue weighted by Gasteiger charge is 2.31. The minimum absolute atomic E-state index is 0.182. The summed E-state index contributed by atoms with van der Waals surface area (Å²) in [6.07, 6.45) is -4.83. The van der Waals surface area contributed by atoms with Crippen LogP contribution in [0.15, 0.2) is 48.5 Å². The molecule has 0 unspecified atom stereocenters. The van der Waals surface area contributed by atoms with Crippen LogP contribution in [0.25, 0.3) is 0 Å². The van der Waals surface area contributed by atoms with Crippen molar-refractivity contribution < 1.29 is 32.8 Å². The number of hydrogen-bond acceptors (Lipinski definition) is 4. The van der Waals surface area contributed by atoms with Crippen LogP contribution in [0, 0.1) is 10.1 Å². The smallest absolute Gasteiger partial charge is 0.416 e. The fraction of sp³-hybridized carbons (Fsp3) is 0.176. The topological polar surface area (TPSA) is 110 Å². The number of carboxylic acids is 1. The van der Waals surface area contributed by atoms with E-state index in [0.29, 0.717) is 11.6 Å². The number of non-ortho nitro benzene ring substituents is 1. The van der Waals surface area contributed by atoms with E-state index >= 15 is 0 Å². The third-order valence-electron chi connectivity index (χ3n) is 3.64. The van der Waals surface area contributed by atoms with Crippen molar-refractivity contribution in [3.63, 3.8) is 0 Å². The molecule has 1 amide bonds. The van der Waals surface area contributed by atoms with Gasteiger partial charge < -0.3 is 10.4 Å². The van der Waals surface area contributed by atoms with Crippen LogP contribution in [0.4, 0.5) is 18.9 Å². The maximum absolute atomic E-state index is 12.7. The molecule has 0 aliphatic rings. The molecule has 2 N–H and O–H groups in total. The summed E-state index contributed by atoms with van der Waals surface area (Å²) >= 11 is 0. The van der Waals surface area contributed by atoms with E-state index in [1.54, 1.807) is 0 Å². The van der Waals surface area contributed by atoms with Crippen molar-refractivity contribution in [3.05, 3.63) is 75.3 Å². The van der Waals surface area contributed by atoms with Gasteiger partial charge in [0.25, 0.3) is 11.6 Å². The van der Waals surface area contributed by atoms with Gasteiger partial charge in [-0.15, -0.1) is 0 Å². The number of amides is 1. The van der Waals surface area contributed by atoms with Gasteiger partial charge in [-0.05, 0) is 23.8 Å². The second-order valence-corrected chi connectivity index (χ2v) is 5.57. The molecule has 10 heteroatoms. The Morgan fingerprint density at radius 3 is 2.30 bits per heavy atom. The van der Waals surface area contributed by atoms with Crippen LogP contribution < -0.4 is 5.32 Å². The fourth-order valence-electron chi connectivity index (χ4n) is 2.27. The standard InChI is InChI=1S/C17H13F3N2O5/c18-17(19,20)12-3-1-2-11(9-12)15(23)21-14(16(24)25)8-10-4-6-13(7-5-10)22(26)27/h1-7,9,14H,8H2,(H,21,23)(H,24,25)/t14-/m1/s1. The van der Waals surface area contributed by atoms with Gasteiger partial charge in [0.05, 0.1) is 10.5 Å². The van der Waals surface area contributed by atoms with Crippen LogP contribution in [-0.2, 0) is 17.4 Å². The number of benzene rings is 2. The van der Waals surface area contributed by atoms with Gasteiger partial charge in [0.1, 0.15) is 6.04 Å². The summed E-state index contributed by atoms with van der Waals surface area (Å²) in [6.45, 7) is 0. The summed E-state index contributed by atoms with van der Waals surface area (Å²) in [5.74, 6) is -2.37. The van der Waals surface area contributed by atoms with Crippen molar-refractivity contribution in [1.82, 2.24) is 5.32 Å². The molecule has 0 fully saturated rings. The van der Waals surface area contributed by atoms with Gasteiger partial charge in [0.2, 0.25) is 0 Å². The molecule has 2 rings (SSSR count). The van der Waals surface area contributed by atoms with Crippen molar-refractivity contribution in [1.29, 1.82) is 0 Å². The number of nitro groups is 1. The molecule has 0 bridgehead atoms. The van der Waals surface area contributed by atoms with Crippen molar-refractivity contribution >= 4 is 17.6 Å². The van der Waals surface area contributed by atoms with Crippen molar-refractivity contribution in [2.75, 3.05) is 0 Å². The first kappa shape index (κ1) is 19.9. The number of nitrogens with one attached hydrogen (secondary N) is 1. The molecule has 1 atom stereocenters. The largest absolute Gasteiger partial charge is 0.480 e. The quantitative estimate of drug-likeness (QED) is 0.590. The Kier molecular flexibility index (Phi) is 5.78. The zero-order valence-electron chi connectivity index (χ0n) is 13.6. The fourth-order valence-corrected chi connectivity index (χ4v) is 2.27. The van der Waals surface area contributed by atoms with Crippen LogP contribution >= 0.6 is 0 Å². The monoisotopic (exact) mass is 382 g/mol. The molecule has 142 valence electrons. The number of carboxylic acid groups (broad SMARTS) is 1. The maximum Gasteiger partial charge on any atom is 0.416 e. The average Bonchev–Trinajstić information content (AvgIpc) is 2.60. The van der Waals surface area contributed by atoms with E-state index in [0.717, 1.165) is 18.2 Å². The molecule has 7 nitrogen and oxygen atoms in total. The summed E-state index contributed by atoms with van der Waals surface area (Å²) in [7, 11) is 0. The minimum atomic E-state index is -4.64. The van der Waals surface area contributed by atoms with Crippen LogP contribution in [0.2, 0.25) is 0 Å². The van der Waals surface area contributed by atoms with Crippen LogP contribution in [0.5, 0.6) is 0 Å². The van der Waals surface area contributed by atoms with E-state index in [1.807, 2.05) is 0 Å². The lowest BCUT2D eigenvalue weighted by Gasteiger charge is -2.15. The summed E-state index contributed by atoms with van der Waals surface area (Å²) < 4.78 is 38.2. The average molecular weight is 382 g/mol.